The predicted octanol–water partition coefficient (Wildman–Crippen LogP) is 3.32. The van der Waals surface area contributed by atoms with Gasteiger partial charge in [0.05, 0.1) is 0 Å². The summed E-state index contributed by atoms with van der Waals surface area (Å²) in [5.41, 5.74) is 2.96. The molecule has 1 saturated heterocycles. The molecule has 0 saturated carbocycles. The first-order valence-electron chi connectivity index (χ1n) is 7.35. The van der Waals surface area contributed by atoms with E-state index in [9.17, 15) is 0 Å². The molecule has 1 aliphatic rings. The molecular formula is C16H30N2. The molecule has 0 N–H and O–H groups in total. The summed E-state index contributed by atoms with van der Waals surface area (Å²) in [6, 6.07) is 0. The van der Waals surface area contributed by atoms with Gasteiger partial charge in [0.15, 0.2) is 0 Å². The molecule has 2 heteroatoms. The van der Waals surface area contributed by atoms with E-state index in [4.69, 9.17) is 0 Å². The van der Waals surface area contributed by atoms with E-state index in [-0.39, 0.29) is 0 Å². The first-order chi connectivity index (χ1) is 8.61. The second kappa shape index (κ2) is 8.49. The quantitative estimate of drug-likeness (QED) is 0.667. The van der Waals surface area contributed by atoms with Crippen molar-refractivity contribution in [3.05, 3.63) is 23.3 Å². The molecule has 1 fully saturated rings. The van der Waals surface area contributed by atoms with Crippen molar-refractivity contribution in [1.82, 2.24) is 9.80 Å². The standard InChI is InChI=1S/C16H30N2/c1-5-17-11-13-18(14-12-17)10-9-16(4)8-6-7-15(2)3/h7,9H,5-6,8,10-14H2,1-4H3/b16-9+. The molecule has 0 aliphatic carbocycles. The Bertz CT molecular complexity index is 279. The highest BCUT2D eigenvalue weighted by atomic mass is 15.2. The van der Waals surface area contributed by atoms with E-state index < -0.39 is 0 Å². The van der Waals surface area contributed by atoms with Crippen molar-refractivity contribution in [2.75, 3.05) is 39.3 Å². The smallest absolute Gasteiger partial charge is 0.0166 e. The van der Waals surface area contributed by atoms with Gasteiger partial charge in [-0.2, -0.15) is 0 Å². The van der Waals surface area contributed by atoms with Crippen LogP contribution >= 0.6 is 0 Å². The van der Waals surface area contributed by atoms with E-state index in [1.54, 1.807) is 0 Å². The van der Waals surface area contributed by atoms with E-state index in [2.05, 4.69) is 49.6 Å². The number of hydrogen-bond donors (Lipinski definition) is 0. The molecule has 1 heterocycles. The summed E-state index contributed by atoms with van der Waals surface area (Å²) >= 11 is 0. The van der Waals surface area contributed by atoms with Crippen molar-refractivity contribution in [2.24, 2.45) is 0 Å². The van der Waals surface area contributed by atoms with Gasteiger partial charge in [-0.25, -0.2) is 0 Å². The molecule has 0 aromatic heterocycles. The molecule has 18 heavy (non-hydrogen) atoms. The van der Waals surface area contributed by atoms with Crippen LogP contribution in [0.25, 0.3) is 0 Å². The van der Waals surface area contributed by atoms with Gasteiger partial charge in [-0.1, -0.05) is 30.2 Å². The van der Waals surface area contributed by atoms with Crippen LogP contribution in [-0.2, 0) is 0 Å². The van der Waals surface area contributed by atoms with Crippen LogP contribution in [-0.4, -0.2) is 49.1 Å². The first-order valence-corrected chi connectivity index (χ1v) is 7.35. The van der Waals surface area contributed by atoms with Gasteiger partial charge in [0, 0.05) is 32.7 Å². The molecule has 0 bridgehead atoms. The Morgan fingerprint density at radius 1 is 0.944 bits per heavy atom. The Labute approximate surface area is 113 Å². The maximum Gasteiger partial charge on any atom is 0.0166 e. The van der Waals surface area contributed by atoms with Crippen molar-refractivity contribution < 1.29 is 0 Å². The van der Waals surface area contributed by atoms with Crippen molar-refractivity contribution in [3.63, 3.8) is 0 Å². The molecule has 0 aromatic carbocycles. The molecule has 0 aromatic rings. The Hall–Kier alpha value is -0.600. The van der Waals surface area contributed by atoms with Crippen LogP contribution in [0.3, 0.4) is 0 Å². The average molecular weight is 250 g/mol. The third kappa shape index (κ3) is 6.36. The van der Waals surface area contributed by atoms with Gasteiger partial charge in [-0.05, 0) is 40.2 Å². The van der Waals surface area contributed by atoms with Crippen LogP contribution in [0.2, 0.25) is 0 Å². The summed E-state index contributed by atoms with van der Waals surface area (Å²) < 4.78 is 0. The van der Waals surface area contributed by atoms with Gasteiger partial charge >= 0.3 is 0 Å². The summed E-state index contributed by atoms with van der Waals surface area (Å²) in [6.45, 7) is 16.1. The van der Waals surface area contributed by atoms with E-state index in [1.807, 2.05) is 0 Å². The van der Waals surface area contributed by atoms with Crippen molar-refractivity contribution >= 4 is 0 Å². The number of piperazine rings is 1. The molecule has 0 radical (unpaired) electrons. The van der Waals surface area contributed by atoms with Gasteiger partial charge in [0.25, 0.3) is 0 Å². The van der Waals surface area contributed by atoms with E-state index in [0.29, 0.717) is 0 Å². The number of likely N-dealkylation sites (N-methyl/N-ethyl adjacent to an activating group) is 1. The summed E-state index contributed by atoms with van der Waals surface area (Å²) in [5, 5.41) is 0. The summed E-state index contributed by atoms with van der Waals surface area (Å²) in [7, 11) is 0. The lowest BCUT2D eigenvalue weighted by atomic mass is 10.1. The van der Waals surface area contributed by atoms with Gasteiger partial charge in [-0.15, -0.1) is 0 Å². The molecule has 1 rings (SSSR count). The highest BCUT2D eigenvalue weighted by Crippen LogP contribution is 2.08. The minimum atomic E-state index is 1.14. The Morgan fingerprint density at radius 3 is 2.11 bits per heavy atom. The van der Waals surface area contributed by atoms with Crippen LogP contribution in [0, 0.1) is 0 Å². The topological polar surface area (TPSA) is 6.48 Å². The van der Waals surface area contributed by atoms with Crippen LogP contribution < -0.4 is 0 Å². The molecule has 104 valence electrons. The maximum absolute atomic E-state index is 2.57. The van der Waals surface area contributed by atoms with Crippen molar-refractivity contribution in [3.8, 4) is 0 Å². The largest absolute Gasteiger partial charge is 0.301 e. The Balaban J connectivity index is 2.21. The highest BCUT2D eigenvalue weighted by Gasteiger charge is 2.13. The van der Waals surface area contributed by atoms with Gasteiger partial charge < -0.3 is 4.90 Å². The summed E-state index contributed by atoms with van der Waals surface area (Å²) in [4.78, 5) is 5.10. The lowest BCUT2D eigenvalue weighted by Crippen LogP contribution is -2.46. The number of nitrogens with zero attached hydrogens (tertiary/aromatic N) is 2. The molecule has 0 unspecified atom stereocenters. The zero-order valence-electron chi connectivity index (χ0n) is 12.7. The van der Waals surface area contributed by atoms with Crippen LogP contribution in [0.15, 0.2) is 23.3 Å². The Morgan fingerprint density at radius 2 is 1.56 bits per heavy atom. The average Bonchev–Trinajstić information content (AvgIpc) is 2.36. The second-order valence-electron chi connectivity index (χ2n) is 5.61. The first kappa shape index (κ1) is 15.5. The minimum Gasteiger partial charge on any atom is -0.301 e. The van der Waals surface area contributed by atoms with Gasteiger partial charge in [0.2, 0.25) is 0 Å². The monoisotopic (exact) mass is 250 g/mol. The maximum atomic E-state index is 2.57. The van der Waals surface area contributed by atoms with E-state index in [1.165, 1.54) is 56.7 Å². The van der Waals surface area contributed by atoms with Crippen LogP contribution in [0.5, 0.6) is 0 Å². The summed E-state index contributed by atoms with van der Waals surface area (Å²) in [5.74, 6) is 0. The minimum absolute atomic E-state index is 1.14. The van der Waals surface area contributed by atoms with Gasteiger partial charge in [0.1, 0.15) is 0 Å². The van der Waals surface area contributed by atoms with E-state index in [0.717, 1.165) is 6.54 Å². The number of hydrogen-bond acceptors (Lipinski definition) is 2. The van der Waals surface area contributed by atoms with Gasteiger partial charge in [-0.3, -0.25) is 4.90 Å². The zero-order chi connectivity index (χ0) is 13.4. The fourth-order valence-electron chi connectivity index (χ4n) is 2.26. The second-order valence-corrected chi connectivity index (χ2v) is 5.61. The highest BCUT2D eigenvalue weighted by molar-refractivity contribution is 5.03. The number of rotatable bonds is 6. The SMILES string of the molecule is CCN1CCN(C/C=C(\C)CCC=C(C)C)CC1. The zero-order valence-corrected chi connectivity index (χ0v) is 12.7. The van der Waals surface area contributed by atoms with E-state index >= 15 is 0 Å². The normalized spacial score (nSPS) is 19.0. The third-order valence-electron chi connectivity index (χ3n) is 3.70. The van der Waals surface area contributed by atoms with Crippen molar-refractivity contribution in [1.29, 1.82) is 0 Å². The molecular weight excluding hydrogens is 220 g/mol. The predicted molar refractivity (Wildman–Crippen MR) is 81.0 cm³/mol. The van der Waals surface area contributed by atoms with Crippen LogP contribution in [0.1, 0.15) is 40.5 Å². The molecule has 0 atom stereocenters. The van der Waals surface area contributed by atoms with Crippen LogP contribution in [0.4, 0.5) is 0 Å². The fraction of sp³-hybridized carbons (Fsp3) is 0.750. The molecule has 0 spiro atoms. The molecule has 0 amide bonds. The molecule has 1 aliphatic heterocycles. The Kier molecular flexibility index (Phi) is 7.29. The lowest BCUT2D eigenvalue weighted by Gasteiger charge is -2.33. The lowest BCUT2D eigenvalue weighted by molar-refractivity contribution is 0.148. The third-order valence-corrected chi connectivity index (χ3v) is 3.70. The summed E-state index contributed by atoms with van der Waals surface area (Å²) in [6.07, 6.45) is 7.15. The molecule has 2 nitrogen and oxygen atoms in total. The fourth-order valence-corrected chi connectivity index (χ4v) is 2.26. The number of allylic oxidation sites excluding steroid dienone is 3. The van der Waals surface area contributed by atoms with Crippen molar-refractivity contribution in [2.45, 2.75) is 40.5 Å².